The van der Waals surface area contributed by atoms with Crippen molar-refractivity contribution in [3.05, 3.63) is 12.3 Å². The van der Waals surface area contributed by atoms with Gasteiger partial charge in [0.1, 0.15) is 5.82 Å². The minimum absolute atomic E-state index is 0.180. The molecular formula is C15H22N4O. The predicted molar refractivity (Wildman–Crippen MR) is 78.8 cm³/mol. The zero-order chi connectivity index (χ0) is 13.9. The van der Waals surface area contributed by atoms with E-state index >= 15 is 0 Å². The Labute approximate surface area is 120 Å². The summed E-state index contributed by atoms with van der Waals surface area (Å²) in [7, 11) is 0. The Kier molecular flexibility index (Phi) is 3.85. The summed E-state index contributed by atoms with van der Waals surface area (Å²) in [6.45, 7) is 5.09. The summed E-state index contributed by atoms with van der Waals surface area (Å²) >= 11 is 0. The number of hydrogen-bond donors (Lipinski definition) is 0. The summed E-state index contributed by atoms with van der Waals surface area (Å²) in [6.07, 6.45) is 7.03. The van der Waals surface area contributed by atoms with Crippen molar-refractivity contribution in [2.45, 2.75) is 39.0 Å². The number of anilines is 2. The van der Waals surface area contributed by atoms with Crippen molar-refractivity contribution in [2.24, 2.45) is 5.92 Å². The van der Waals surface area contributed by atoms with Crippen LogP contribution in [0.4, 0.5) is 11.8 Å². The quantitative estimate of drug-likeness (QED) is 0.848. The molecule has 0 radical (unpaired) electrons. The molecule has 1 amide bonds. The standard InChI is InChI=1S/C15H22N4O/c1-2-12-6-10-18(11-7-12)15-16-8-5-13(17-15)19-9-3-4-14(19)20/h5,8,12H,2-4,6-7,9-11H2,1H3. The van der Waals surface area contributed by atoms with E-state index in [1.165, 1.54) is 19.3 Å². The van der Waals surface area contributed by atoms with Gasteiger partial charge in [0.25, 0.3) is 0 Å². The van der Waals surface area contributed by atoms with Crippen LogP contribution in [0.15, 0.2) is 12.3 Å². The first-order valence-electron chi connectivity index (χ1n) is 7.66. The van der Waals surface area contributed by atoms with Gasteiger partial charge in [-0.15, -0.1) is 0 Å². The molecule has 1 aromatic heterocycles. The molecule has 5 heteroatoms. The highest BCUT2D eigenvalue weighted by atomic mass is 16.2. The van der Waals surface area contributed by atoms with Crippen LogP contribution in [0, 0.1) is 5.92 Å². The Morgan fingerprint density at radius 1 is 1.30 bits per heavy atom. The maximum atomic E-state index is 11.8. The van der Waals surface area contributed by atoms with E-state index in [-0.39, 0.29) is 5.91 Å². The lowest BCUT2D eigenvalue weighted by Gasteiger charge is -2.31. The van der Waals surface area contributed by atoms with Gasteiger partial charge in [0, 0.05) is 32.3 Å². The zero-order valence-corrected chi connectivity index (χ0v) is 12.1. The Balaban J connectivity index is 1.73. The second kappa shape index (κ2) is 5.77. The highest BCUT2D eigenvalue weighted by Gasteiger charge is 2.24. The molecule has 0 spiro atoms. The molecule has 0 aromatic carbocycles. The molecule has 2 fully saturated rings. The van der Waals surface area contributed by atoms with E-state index in [4.69, 9.17) is 0 Å². The number of piperidine rings is 1. The van der Waals surface area contributed by atoms with Crippen molar-refractivity contribution in [2.75, 3.05) is 29.4 Å². The number of carbonyl (C=O) groups is 1. The molecule has 5 nitrogen and oxygen atoms in total. The van der Waals surface area contributed by atoms with Crippen LogP contribution in [-0.2, 0) is 4.79 Å². The first-order chi connectivity index (χ1) is 9.78. The number of aromatic nitrogens is 2. The van der Waals surface area contributed by atoms with Crippen LogP contribution in [0.5, 0.6) is 0 Å². The van der Waals surface area contributed by atoms with Crippen LogP contribution in [0.25, 0.3) is 0 Å². The van der Waals surface area contributed by atoms with E-state index < -0.39 is 0 Å². The van der Waals surface area contributed by atoms with Crippen LogP contribution in [0.3, 0.4) is 0 Å². The normalized spacial score (nSPS) is 20.8. The van der Waals surface area contributed by atoms with Gasteiger partial charge in [-0.2, -0.15) is 4.98 Å². The molecule has 2 saturated heterocycles. The van der Waals surface area contributed by atoms with Crippen molar-refractivity contribution in [3.8, 4) is 0 Å². The van der Waals surface area contributed by atoms with Gasteiger partial charge in [-0.05, 0) is 31.2 Å². The van der Waals surface area contributed by atoms with Crippen LogP contribution < -0.4 is 9.80 Å². The molecule has 20 heavy (non-hydrogen) atoms. The van der Waals surface area contributed by atoms with Gasteiger partial charge < -0.3 is 4.90 Å². The molecule has 0 bridgehead atoms. The Morgan fingerprint density at radius 3 is 2.75 bits per heavy atom. The van der Waals surface area contributed by atoms with Gasteiger partial charge in [-0.3, -0.25) is 9.69 Å². The monoisotopic (exact) mass is 274 g/mol. The van der Waals surface area contributed by atoms with Crippen LogP contribution in [0.2, 0.25) is 0 Å². The molecule has 1 aromatic rings. The maximum absolute atomic E-state index is 11.8. The van der Waals surface area contributed by atoms with Gasteiger partial charge in [-0.1, -0.05) is 13.3 Å². The Morgan fingerprint density at radius 2 is 2.10 bits per heavy atom. The number of carbonyl (C=O) groups excluding carboxylic acids is 1. The van der Waals surface area contributed by atoms with Gasteiger partial charge in [-0.25, -0.2) is 4.98 Å². The summed E-state index contributed by atoms with van der Waals surface area (Å²) in [5.74, 6) is 2.56. The molecule has 0 unspecified atom stereocenters. The first-order valence-corrected chi connectivity index (χ1v) is 7.66. The lowest BCUT2D eigenvalue weighted by molar-refractivity contribution is -0.117. The Bertz CT molecular complexity index is 483. The van der Waals surface area contributed by atoms with Crippen molar-refractivity contribution < 1.29 is 4.79 Å². The molecule has 108 valence electrons. The molecule has 0 saturated carbocycles. The molecule has 2 aliphatic rings. The molecular weight excluding hydrogens is 252 g/mol. The van der Waals surface area contributed by atoms with Crippen molar-refractivity contribution in [3.63, 3.8) is 0 Å². The fraction of sp³-hybridized carbons (Fsp3) is 0.667. The van der Waals surface area contributed by atoms with E-state index in [9.17, 15) is 4.79 Å². The molecule has 0 aliphatic carbocycles. The van der Waals surface area contributed by atoms with Gasteiger partial charge in [0.05, 0.1) is 0 Å². The van der Waals surface area contributed by atoms with Crippen LogP contribution in [0.1, 0.15) is 39.0 Å². The van der Waals surface area contributed by atoms with E-state index in [2.05, 4.69) is 21.8 Å². The molecule has 0 N–H and O–H groups in total. The SMILES string of the molecule is CCC1CCN(c2nccc(N3CCCC3=O)n2)CC1. The number of rotatable bonds is 3. The predicted octanol–water partition coefficient (Wildman–Crippen LogP) is 2.23. The topological polar surface area (TPSA) is 49.3 Å². The zero-order valence-electron chi connectivity index (χ0n) is 12.1. The van der Waals surface area contributed by atoms with E-state index in [1.807, 2.05) is 6.07 Å². The summed E-state index contributed by atoms with van der Waals surface area (Å²) in [4.78, 5) is 24.8. The molecule has 2 aliphatic heterocycles. The minimum atomic E-state index is 0.180. The average molecular weight is 274 g/mol. The lowest BCUT2D eigenvalue weighted by Crippen LogP contribution is -2.35. The molecule has 3 heterocycles. The fourth-order valence-corrected chi connectivity index (χ4v) is 3.07. The second-order valence-electron chi connectivity index (χ2n) is 5.70. The third kappa shape index (κ3) is 2.62. The van der Waals surface area contributed by atoms with Crippen molar-refractivity contribution in [1.82, 2.24) is 9.97 Å². The summed E-state index contributed by atoms with van der Waals surface area (Å²) in [5.41, 5.74) is 0. The first kappa shape index (κ1) is 13.3. The van der Waals surface area contributed by atoms with E-state index in [1.54, 1.807) is 11.1 Å². The highest BCUT2D eigenvalue weighted by molar-refractivity contribution is 5.94. The largest absolute Gasteiger partial charge is 0.341 e. The average Bonchev–Trinajstić information content (AvgIpc) is 2.94. The van der Waals surface area contributed by atoms with E-state index in [0.29, 0.717) is 6.42 Å². The van der Waals surface area contributed by atoms with Gasteiger partial charge >= 0.3 is 0 Å². The number of amides is 1. The van der Waals surface area contributed by atoms with Crippen LogP contribution >= 0.6 is 0 Å². The summed E-state index contributed by atoms with van der Waals surface area (Å²) < 4.78 is 0. The maximum Gasteiger partial charge on any atom is 0.228 e. The third-order valence-corrected chi connectivity index (χ3v) is 4.45. The third-order valence-electron chi connectivity index (χ3n) is 4.45. The molecule has 0 atom stereocenters. The summed E-state index contributed by atoms with van der Waals surface area (Å²) in [6, 6.07) is 1.84. The van der Waals surface area contributed by atoms with Gasteiger partial charge in [0.15, 0.2) is 0 Å². The Hall–Kier alpha value is -1.65. The van der Waals surface area contributed by atoms with E-state index in [0.717, 1.165) is 43.7 Å². The highest BCUT2D eigenvalue weighted by Crippen LogP contribution is 2.25. The minimum Gasteiger partial charge on any atom is -0.341 e. The number of nitrogens with zero attached hydrogens (tertiary/aromatic N) is 4. The smallest absolute Gasteiger partial charge is 0.228 e. The summed E-state index contributed by atoms with van der Waals surface area (Å²) in [5, 5.41) is 0. The second-order valence-corrected chi connectivity index (χ2v) is 5.70. The van der Waals surface area contributed by atoms with Gasteiger partial charge in [0.2, 0.25) is 11.9 Å². The number of hydrogen-bond acceptors (Lipinski definition) is 4. The fourth-order valence-electron chi connectivity index (χ4n) is 3.07. The lowest BCUT2D eigenvalue weighted by atomic mass is 9.95. The molecule has 3 rings (SSSR count). The van der Waals surface area contributed by atoms with Crippen molar-refractivity contribution in [1.29, 1.82) is 0 Å². The van der Waals surface area contributed by atoms with Crippen molar-refractivity contribution >= 4 is 17.7 Å². The van der Waals surface area contributed by atoms with Crippen LogP contribution in [-0.4, -0.2) is 35.5 Å².